The average molecular weight is 342 g/mol. The summed E-state index contributed by atoms with van der Waals surface area (Å²) in [4.78, 5) is 0. The third kappa shape index (κ3) is 3.23. The predicted molar refractivity (Wildman–Crippen MR) is 77.3 cm³/mol. The molecule has 106 valence electrons. The van der Waals surface area contributed by atoms with E-state index in [4.69, 9.17) is 5.73 Å². The van der Waals surface area contributed by atoms with Crippen LogP contribution in [0, 0.1) is 11.6 Å². The summed E-state index contributed by atoms with van der Waals surface area (Å²) >= 11 is 3.32. The molecule has 2 unspecified atom stereocenters. The van der Waals surface area contributed by atoms with Crippen molar-refractivity contribution in [2.45, 2.75) is 12.0 Å². The quantitative estimate of drug-likeness (QED) is 0.893. The molecule has 0 saturated carbocycles. The van der Waals surface area contributed by atoms with Crippen LogP contribution in [0.15, 0.2) is 46.9 Å². The first-order chi connectivity index (χ1) is 9.52. The van der Waals surface area contributed by atoms with Crippen LogP contribution in [0.5, 0.6) is 0 Å². The smallest absolute Gasteiger partial charge is 0.129 e. The number of hydrogen-bond acceptors (Lipinski definition) is 2. The molecular formula is C15H14BrF2NO. The zero-order valence-corrected chi connectivity index (χ0v) is 12.1. The Balaban J connectivity index is 2.35. The van der Waals surface area contributed by atoms with E-state index >= 15 is 0 Å². The van der Waals surface area contributed by atoms with Gasteiger partial charge in [-0.2, -0.15) is 0 Å². The molecule has 0 fully saturated rings. The van der Waals surface area contributed by atoms with E-state index in [9.17, 15) is 13.9 Å². The molecule has 2 aromatic rings. The van der Waals surface area contributed by atoms with E-state index in [0.717, 1.165) is 28.2 Å². The number of nitrogens with two attached hydrogens (primary N) is 1. The van der Waals surface area contributed by atoms with Crippen LogP contribution >= 0.6 is 15.9 Å². The van der Waals surface area contributed by atoms with Crippen molar-refractivity contribution in [1.29, 1.82) is 0 Å². The second-order valence-corrected chi connectivity index (χ2v) is 5.42. The number of hydrogen-bond donors (Lipinski definition) is 2. The molecular weight excluding hydrogens is 328 g/mol. The maximum Gasteiger partial charge on any atom is 0.129 e. The Morgan fingerprint density at radius 1 is 1.10 bits per heavy atom. The van der Waals surface area contributed by atoms with Gasteiger partial charge in [0.15, 0.2) is 0 Å². The van der Waals surface area contributed by atoms with E-state index in [1.165, 1.54) is 0 Å². The molecule has 0 spiro atoms. The lowest BCUT2D eigenvalue weighted by atomic mass is 9.89. The Morgan fingerprint density at radius 3 is 2.35 bits per heavy atom. The number of benzene rings is 2. The van der Waals surface area contributed by atoms with Gasteiger partial charge in [0, 0.05) is 22.5 Å². The fraction of sp³-hybridized carbons (Fsp3) is 0.200. The van der Waals surface area contributed by atoms with E-state index in [2.05, 4.69) is 15.9 Å². The minimum Gasteiger partial charge on any atom is -0.388 e. The fourth-order valence-corrected chi connectivity index (χ4v) is 2.38. The summed E-state index contributed by atoms with van der Waals surface area (Å²) in [6, 6.07) is 10.2. The minimum atomic E-state index is -1.20. The fourth-order valence-electron chi connectivity index (χ4n) is 2.12. The van der Waals surface area contributed by atoms with Gasteiger partial charge in [-0.05, 0) is 35.9 Å². The van der Waals surface area contributed by atoms with E-state index in [0.29, 0.717) is 0 Å². The molecule has 2 atom stereocenters. The SMILES string of the molecule is NCC(c1ccc(Br)cc1)C(O)c1cc(F)ccc1F. The molecule has 2 nitrogen and oxygen atoms in total. The van der Waals surface area contributed by atoms with Gasteiger partial charge in [0.2, 0.25) is 0 Å². The average Bonchev–Trinajstić information content (AvgIpc) is 2.44. The van der Waals surface area contributed by atoms with Crippen LogP contribution in [0.1, 0.15) is 23.1 Å². The second-order valence-electron chi connectivity index (χ2n) is 4.50. The van der Waals surface area contributed by atoms with Crippen LogP contribution in [0.25, 0.3) is 0 Å². The van der Waals surface area contributed by atoms with Crippen molar-refractivity contribution in [3.8, 4) is 0 Å². The maximum atomic E-state index is 13.7. The molecule has 0 aromatic heterocycles. The first-order valence-corrected chi connectivity index (χ1v) is 6.90. The molecule has 20 heavy (non-hydrogen) atoms. The third-order valence-electron chi connectivity index (χ3n) is 3.21. The van der Waals surface area contributed by atoms with Gasteiger partial charge in [-0.3, -0.25) is 0 Å². The summed E-state index contributed by atoms with van der Waals surface area (Å²) in [7, 11) is 0. The van der Waals surface area contributed by atoms with Gasteiger partial charge in [-0.1, -0.05) is 28.1 Å². The molecule has 2 aromatic carbocycles. The molecule has 0 saturated heterocycles. The van der Waals surface area contributed by atoms with Crippen molar-refractivity contribution in [2.24, 2.45) is 5.73 Å². The van der Waals surface area contributed by atoms with Crippen molar-refractivity contribution >= 4 is 15.9 Å². The minimum absolute atomic E-state index is 0.0802. The van der Waals surface area contributed by atoms with Crippen LogP contribution < -0.4 is 5.73 Å². The predicted octanol–water partition coefficient (Wildman–Crippen LogP) is 3.50. The van der Waals surface area contributed by atoms with Gasteiger partial charge in [0.1, 0.15) is 11.6 Å². The lowest BCUT2D eigenvalue weighted by Crippen LogP contribution is -2.21. The van der Waals surface area contributed by atoms with Gasteiger partial charge < -0.3 is 10.8 Å². The lowest BCUT2D eigenvalue weighted by Gasteiger charge is -2.22. The molecule has 0 amide bonds. The first-order valence-electron chi connectivity index (χ1n) is 6.11. The highest BCUT2D eigenvalue weighted by atomic mass is 79.9. The number of rotatable bonds is 4. The van der Waals surface area contributed by atoms with E-state index in [1.54, 1.807) is 12.1 Å². The largest absolute Gasteiger partial charge is 0.388 e. The summed E-state index contributed by atoms with van der Waals surface area (Å²) in [6.45, 7) is 0.124. The van der Waals surface area contributed by atoms with Crippen LogP contribution in [0.3, 0.4) is 0 Å². The molecule has 0 aliphatic heterocycles. The normalized spacial score (nSPS) is 14.1. The summed E-state index contributed by atoms with van der Waals surface area (Å²) in [5.41, 5.74) is 6.37. The van der Waals surface area contributed by atoms with Gasteiger partial charge in [0.05, 0.1) is 6.10 Å². The Labute approximate surface area is 124 Å². The lowest BCUT2D eigenvalue weighted by molar-refractivity contribution is 0.142. The Bertz CT molecular complexity index is 589. The highest BCUT2D eigenvalue weighted by molar-refractivity contribution is 9.10. The number of aliphatic hydroxyl groups is 1. The van der Waals surface area contributed by atoms with Crippen molar-refractivity contribution < 1.29 is 13.9 Å². The highest BCUT2D eigenvalue weighted by Gasteiger charge is 2.24. The summed E-state index contributed by atoms with van der Waals surface area (Å²) in [5, 5.41) is 10.3. The zero-order valence-electron chi connectivity index (χ0n) is 10.6. The van der Waals surface area contributed by atoms with Gasteiger partial charge in [0.25, 0.3) is 0 Å². The molecule has 0 radical (unpaired) electrons. The molecule has 0 aliphatic carbocycles. The molecule has 2 rings (SSSR count). The van der Waals surface area contributed by atoms with Gasteiger partial charge >= 0.3 is 0 Å². The second kappa shape index (κ2) is 6.43. The Morgan fingerprint density at radius 2 is 1.75 bits per heavy atom. The van der Waals surface area contributed by atoms with Crippen LogP contribution in [-0.4, -0.2) is 11.7 Å². The molecule has 3 N–H and O–H groups in total. The van der Waals surface area contributed by atoms with E-state index in [1.807, 2.05) is 12.1 Å². The summed E-state index contributed by atoms with van der Waals surface area (Å²) in [5.74, 6) is -1.74. The zero-order chi connectivity index (χ0) is 14.7. The number of halogens is 3. The number of aliphatic hydroxyl groups excluding tert-OH is 1. The van der Waals surface area contributed by atoms with Gasteiger partial charge in [-0.25, -0.2) is 8.78 Å². The van der Waals surface area contributed by atoms with E-state index < -0.39 is 23.7 Å². The van der Waals surface area contributed by atoms with Crippen LogP contribution in [0.2, 0.25) is 0 Å². The van der Waals surface area contributed by atoms with Crippen LogP contribution in [-0.2, 0) is 0 Å². The monoisotopic (exact) mass is 341 g/mol. The van der Waals surface area contributed by atoms with Crippen LogP contribution in [0.4, 0.5) is 8.78 Å². The topological polar surface area (TPSA) is 46.2 Å². The molecule has 0 aliphatic rings. The third-order valence-corrected chi connectivity index (χ3v) is 3.74. The Hall–Kier alpha value is -1.30. The summed E-state index contributed by atoms with van der Waals surface area (Å²) < 4.78 is 27.8. The Kier molecular flexibility index (Phi) is 4.86. The van der Waals surface area contributed by atoms with E-state index in [-0.39, 0.29) is 12.1 Å². The first kappa shape index (κ1) is 15.1. The highest BCUT2D eigenvalue weighted by Crippen LogP contribution is 2.32. The van der Waals surface area contributed by atoms with Crippen molar-refractivity contribution in [3.05, 3.63) is 69.7 Å². The van der Waals surface area contributed by atoms with Gasteiger partial charge in [-0.15, -0.1) is 0 Å². The molecule has 5 heteroatoms. The summed E-state index contributed by atoms with van der Waals surface area (Å²) in [6.07, 6.45) is -1.20. The van der Waals surface area contributed by atoms with Crippen molar-refractivity contribution in [1.82, 2.24) is 0 Å². The molecule has 0 heterocycles. The maximum absolute atomic E-state index is 13.7. The standard InChI is InChI=1S/C15H14BrF2NO/c16-10-3-1-9(2-4-10)13(8-19)15(20)12-7-11(17)5-6-14(12)18/h1-7,13,15,20H,8,19H2. The van der Waals surface area contributed by atoms with Crippen molar-refractivity contribution in [3.63, 3.8) is 0 Å². The molecule has 0 bridgehead atoms. The van der Waals surface area contributed by atoms with Crippen molar-refractivity contribution in [2.75, 3.05) is 6.54 Å².